The minimum Gasteiger partial charge on any atom is -0.392 e. The van der Waals surface area contributed by atoms with Gasteiger partial charge in [0.1, 0.15) is 0 Å². The summed E-state index contributed by atoms with van der Waals surface area (Å²) in [6.07, 6.45) is 3.52. The van der Waals surface area contributed by atoms with Crippen molar-refractivity contribution in [2.75, 3.05) is 37.6 Å². The number of piperazine rings is 1. The van der Waals surface area contributed by atoms with Crippen LogP contribution in [0.4, 0.5) is 5.95 Å². The summed E-state index contributed by atoms with van der Waals surface area (Å²) in [5.74, 6) is 0.0950. The second kappa shape index (κ2) is 15.3. The van der Waals surface area contributed by atoms with Crippen LogP contribution in [0.5, 0.6) is 0 Å². The van der Waals surface area contributed by atoms with Gasteiger partial charge in [0.15, 0.2) is 6.29 Å². The molecule has 1 amide bonds. The maximum Gasteiger partial charge on any atom is 0.272 e. The molecule has 12 heteroatoms. The zero-order chi connectivity index (χ0) is 32.8. The van der Waals surface area contributed by atoms with Crippen LogP contribution in [0.1, 0.15) is 41.1 Å². The number of hydrogen-bond donors (Lipinski definition) is 2. The fraction of sp³-hybridized carbons (Fsp3) is 0.343. The number of carbonyl (C=O) groups is 1. The van der Waals surface area contributed by atoms with Crippen LogP contribution in [0, 0.1) is 0 Å². The summed E-state index contributed by atoms with van der Waals surface area (Å²) in [7, 11) is 0. The lowest BCUT2D eigenvalue weighted by atomic mass is 9.98. The van der Waals surface area contributed by atoms with Crippen molar-refractivity contribution in [2.45, 2.75) is 41.9 Å². The number of nitrogens with one attached hydrogen (secondary N) is 1. The Morgan fingerprint density at radius 3 is 2.23 bits per heavy atom. The molecule has 2 fully saturated rings. The van der Waals surface area contributed by atoms with E-state index in [1.807, 2.05) is 78.9 Å². The van der Waals surface area contributed by atoms with E-state index < -0.39 is 16.0 Å². The van der Waals surface area contributed by atoms with Crippen LogP contribution in [0.25, 0.3) is 11.1 Å². The van der Waals surface area contributed by atoms with Gasteiger partial charge in [-0.15, -0.1) is 0 Å². The molecule has 47 heavy (non-hydrogen) atoms. The molecular formula is C35H36Cl3N5O4. The monoisotopic (exact) mass is 695 g/mol. The van der Waals surface area contributed by atoms with Crippen molar-refractivity contribution in [3.63, 3.8) is 0 Å². The van der Waals surface area contributed by atoms with Crippen molar-refractivity contribution in [1.82, 2.24) is 20.2 Å². The molecule has 1 aromatic heterocycles. The average Bonchev–Trinajstić information content (AvgIpc) is 3.11. The molecule has 4 aromatic rings. The third kappa shape index (κ3) is 8.80. The van der Waals surface area contributed by atoms with Crippen molar-refractivity contribution in [2.24, 2.45) is 0 Å². The van der Waals surface area contributed by atoms with Gasteiger partial charge in [-0.1, -0.05) is 102 Å². The summed E-state index contributed by atoms with van der Waals surface area (Å²) in [5.41, 5.74) is 5.72. The summed E-state index contributed by atoms with van der Waals surface area (Å²) in [4.78, 5) is 25.4. The van der Waals surface area contributed by atoms with E-state index >= 15 is 0 Å². The van der Waals surface area contributed by atoms with E-state index in [0.29, 0.717) is 0 Å². The van der Waals surface area contributed by atoms with Gasteiger partial charge in [0, 0.05) is 63.6 Å². The Balaban J connectivity index is 1.14. The molecule has 3 heterocycles. The Hall–Kier alpha value is -3.28. The van der Waals surface area contributed by atoms with Gasteiger partial charge in [-0.05, 0) is 39.9 Å². The first-order valence-electron chi connectivity index (χ1n) is 15.5. The van der Waals surface area contributed by atoms with Gasteiger partial charge < -0.3 is 24.8 Å². The van der Waals surface area contributed by atoms with Crippen LogP contribution in [0.3, 0.4) is 0 Å². The molecule has 0 bridgehead atoms. The third-order valence-corrected chi connectivity index (χ3v) is 8.95. The van der Waals surface area contributed by atoms with Crippen LogP contribution >= 0.6 is 34.8 Å². The van der Waals surface area contributed by atoms with Crippen molar-refractivity contribution in [1.29, 1.82) is 0 Å². The van der Waals surface area contributed by atoms with Gasteiger partial charge in [0.25, 0.3) is 9.70 Å². The summed E-state index contributed by atoms with van der Waals surface area (Å²) < 4.78 is 11.2. The fourth-order valence-electron chi connectivity index (χ4n) is 5.88. The summed E-state index contributed by atoms with van der Waals surface area (Å²) in [6.45, 7) is 4.50. The molecular weight excluding hydrogens is 661 g/mol. The standard InChI is InChI=1S/C35H36Cl3N5O4/c36-35(37,38)33(45)41-21-25-3-1-4-29(19-25)26-9-11-28(12-10-26)32-46-30(20-31(47-32)27-7-5-24(23-44)6-8-27)22-42-15-17-43(18-16-42)34-39-13-2-14-40-34/h1-14,19,30-32,44H,15-18,20-23H2,(H,41,45)/t30-,31+,32+/m1/s1. The highest BCUT2D eigenvalue weighted by molar-refractivity contribution is 6.76. The van der Waals surface area contributed by atoms with E-state index in [0.717, 1.165) is 78.5 Å². The van der Waals surface area contributed by atoms with Crippen LogP contribution in [-0.4, -0.2) is 68.5 Å². The first-order valence-corrected chi connectivity index (χ1v) is 16.7. The van der Waals surface area contributed by atoms with Crippen molar-refractivity contribution >= 4 is 46.7 Å². The molecule has 3 aromatic carbocycles. The van der Waals surface area contributed by atoms with Crippen LogP contribution in [0.15, 0.2) is 91.3 Å². The number of benzene rings is 3. The molecule has 246 valence electrons. The largest absolute Gasteiger partial charge is 0.392 e. The highest BCUT2D eigenvalue weighted by Gasteiger charge is 2.34. The number of amides is 1. The Kier molecular flexibility index (Phi) is 10.9. The highest BCUT2D eigenvalue weighted by Crippen LogP contribution is 2.39. The first kappa shape index (κ1) is 33.6. The smallest absolute Gasteiger partial charge is 0.272 e. The number of aliphatic hydroxyl groups is 1. The second-order valence-corrected chi connectivity index (χ2v) is 14.0. The van der Waals surface area contributed by atoms with Crippen molar-refractivity contribution in [3.8, 4) is 11.1 Å². The Bertz CT molecular complexity index is 1620. The molecule has 0 aliphatic carbocycles. The normalized spacial score (nSPS) is 20.6. The fourth-order valence-corrected chi connectivity index (χ4v) is 6.08. The predicted octanol–water partition coefficient (Wildman–Crippen LogP) is 5.99. The van der Waals surface area contributed by atoms with Gasteiger partial charge in [0.05, 0.1) is 18.8 Å². The number of ether oxygens (including phenoxy) is 2. The quantitative estimate of drug-likeness (QED) is 0.206. The lowest BCUT2D eigenvalue weighted by Crippen LogP contribution is -2.50. The number of carbonyl (C=O) groups excluding carboxylic acids is 1. The molecule has 0 radical (unpaired) electrons. The van der Waals surface area contributed by atoms with E-state index in [4.69, 9.17) is 44.3 Å². The van der Waals surface area contributed by atoms with Gasteiger partial charge >= 0.3 is 0 Å². The minimum absolute atomic E-state index is 0.000977. The van der Waals surface area contributed by atoms with Crippen LogP contribution in [0.2, 0.25) is 0 Å². The van der Waals surface area contributed by atoms with Crippen molar-refractivity contribution in [3.05, 3.63) is 114 Å². The zero-order valence-corrected chi connectivity index (χ0v) is 27.9. The van der Waals surface area contributed by atoms with Gasteiger partial charge in [-0.2, -0.15) is 0 Å². The molecule has 0 saturated carbocycles. The van der Waals surface area contributed by atoms with E-state index in [1.165, 1.54) is 0 Å². The Morgan fingerprint density at radius 2 is 1.55 bits per heavy atom. The lowest BCUT2D eigenvalue weighted by molar-refractivity contribution is -0.253. The molecule has 3 atom stereocenters. The molecule has 2 aliphatic heterocycles. The molecule has 2 aliphatic rings. The maximum absolute atomic E-state index is 12.0. The number of nitrogens with zero attached hydrogens (tertiary/aromatic N) is 4. The molecule has 2 N–H and O–H groups in total. The van der Waals surface area contributed by atoms with Crippen LogP contribution < -0.4 is 10.2 Å². The van der Waals surface area contributed by atoms with E-state index in [1.54, 1.807) is 12.4 Å². The van der Waals surface area contributed by atoms with Gasteiger partial charge in [0.2, 0.25) is 5.95 Å². The van der Waals surface area contributed by atoms with E-state index in [2.05, 4.69) is 25.1 Å². The molecule has 9 nitrogen and oxygen atoms in total. The SMILES string of the molecule is O=C(NCc1cccc(-c2ccc([C@H]3O[C@@H](CN4CCN(c5ncccn5)CC4)C[C@@H](c4ccc(CO)cc4)O3)cc2)c1)C(Cl)(Cl)Cl. The molecule has 0 unspecified atom stereocenters. The molecule has 0 spiro atoms. The number of aromatic nitrogens is 2. The Labute approximate surface area is 289 Å². The minimum atomic E-state index is -2.01. The molecule has 6 rings (SSSR count). The van der Waals surface area contributed by atoms with E-state index in [-0.39, 0.29) is 25.4 Å². The predicted molar refractivity (Wildman–Crippen MR) is 183 cm³/mol. The number of hydrogen-bond acceptors (Lipinski definition) is 8. The molecule has 2 saturated heterocycles. The maximum atomic E-state index is 12.0. The number of anilines is 1. The topological polar surface area (TPSA) is 100 Å². The third-order valence-electron chi connectivity index (χ3n) is 8.44. The summed E-state index contributed by atoms with van der Waals surface area (Å²) in [5, 5.41) is 12.2. The number of aliphatic hydroxyl groups excluding tert-OH is 1. The highest BCUT2D eigenvalue weighted by atomic mass is 35.6. The average molecular weight is 697 g/mol. The summed E-state index contributed by atoms with van der Waals surface area (Å²) in [6, 6.07) is 25.7. The van der Waals surface area contributed by atoms with Gasteiger partial charge in [-0.25, -0.2) is 9.97 Å². The first-order chi connectivity index (χ1) is 22.7. The number of alkyl halides is 3. The number of rotatable bonds is 9. The zero-order valence-electron chi connectivity index (χ0n) is 25.6. The van der Waals surface area contributed by atoms with E-state index in [9.17, 15) is 9.90 Å². The van der Waals surface area contributed by atoms with Gasteiger partial charge in [-0.3, -0.25) is 9.69 Å². The lowest BCUT2D eigenvalue weighted by Gasteiger charge is -2.40. The van der Waals surface area contributed by atoms with Crippen molar-refractivity contribution < 1.29 is 19.4 Å². The number of halogens is 3. The Morgan fingerprint density at radius 1 is 0.851 bits per heavy atom. The summed E-state index contributed by atoms with van der Waals surface area (Å²) >= 11 is 17.0. The second-order valence-electron chi connectivity index (χ2n) is 11.7. The van der Waals surface area contributed by atoms with Crippen LogP contribution in [-0.2, 0) is 27.4 Å².